The Morgan fingerprint density at radius 3 is 3.00 bits per heavy atom. The van der Waals surface area contributed by atoms with Crippen LogP contribution in [0, 0.1) is 0 Å². The Labute approximate surface area is 76.2 Å². The number of aromatic nitrogens is 2. The molecule has 1 atom stereocenters. The third-order valence-electron chi connectivity index (χ3n) is 1.95. The molecular formula is C8H13N3O2. The highest BCUT2D eigenvalue weighted by molar-refractivity contribution is 5.72. The first-order valence-electron chi connectivity index (χ1n) is 4.05. The van der Waals surface area contributed by atoms with E-state index in [-0.39, 0.29) is 0 Å². The average Bonchev–Trinajstić information content (AvgIpc) is 2.47. The number of rotatable bonds is 4. The van der Waals surface area contributed by atoms with Crippen LogP contribution in [0.15, 0.2) is 12.5 Å². The minimum atomic E-state index is -0.956. The van der Waals surface area contributed by atoms with E-state index in [9.17, 15) is 4.79 Å². The quantitative estimate of drug-likeness (QED) is 0.675. The van der Waals surface area contributed by atoms with Gasteiger partial charge in [0.1, 0.15) is 6.04 Å². The molecule has 0 aromatic carbocycles. The summed E-state index contributed by atoms with van der Waals surface area (Å²) in [7, 11) is 1.87. The molecule has 0 saturated heterocycles. The van der Waals surface area contributed by atoms with Crippen molar-refractivity contribution in [3.05, 3.63) is 18.2 Å². The molecule has 1 aromatic heterocycles. The summed E-state index contributed by atoms with van der Waals surface area (Å²) < 4.78 is 1.86. The van der Waals surface area contributed by atoms with Crippen molar-refractivity contribution >= 4 is 5.97 Å². The molecule has 1 unspecified atom stereocenters. The second kappa shape index (κ2) is 4.04. The Bertz CT molecular complexity index is 295. The van der Waals surface area contributed by atoms with Crippen LogP contribution in [0.25, 0.3) is 0 Å². The highest BCUT2D eigenvalue weighted by atomic mass is 16.4. The van der Waals surface area contributed by atoms with Gasteiger partial charge in [-0.05, 0) is 12.8 Å². The highest BCUT2D eigenvalue weighted by Crippen LogP contribution is 2.02. The summed E-state index contributed by atoms with van der Waals surface area (Å²) in [6, 6.07) is -0.783. The van der Waals surface area contributed by atoms with Crippen molar-refractivity contribution < 1.29 is 9.90 Å². The summed E-state index contributed by atoms with van der Waals surface area (Å²) in [5.74, 6) is -0.956. The second-order valence-electron chi connectivity index (χ2n) is 2.98. The Morgan fingerprint density at radius 2 is 2.54 bits per heavy atom. The fourth-order valence-electron chi connectivity index (χ4n) is 1.05. The maximum Gasteiger partial charge on any atom is 0.320 e. The standard InChI is InChI=1S/C8H13N3O2/c1-11-5-10-4-6(11)2-3-7(9)8(12)13/h4-5,7H,2-3,9H2,1H3,(H,12,13). The van der Waals surface area contributed by atoms with E-state index in [1.807, 2.05) is 11.6 Å². The van der Waals surface area contributed by atoms with E-state index in [0.29, 0.717) is 12.8 Å². The van der Waals surface area contributed by atoms with Crippen molar-refractivity contribution in [2.24, 2.45) is 12.8 Å². The Hall–Kier alpha value is -1.36. The van der Waals surface area contributed by atoms with Gasteiger partial charge in [0.2, 0.25) is 0 Å². The molecule has 0 radical (unpaired) electrons. The molecule has 13 heavy (non-hydrogen) atoms. The molecule has 3 N–H and O–H groups in total. The van der Waals surface area contributed by atoms with E-state index in [2.05, 4.69) is 4.98 Å². The Morgan fingerprint density at radius 1 is 1.85 bits per heavy atom. The summed E-state index contributed by atoms with van der Waals surface area (Å²) >= 11 is 0. The molecule has 1 rings (SSSR count). The predicted molar refractivity (Wildman–Crippen MR) is 47.1 cm³/mol. The van der Waals surface area contributed by atoms with Gasteiger partial charge in [-0.15, -0.1) is 0 Å². The first-order chi connectivity index (χ1) is 6.11. The van der Waals surface area contributed by atoms with E-state index >= 15 is 0 Å². The number of hydrogen-bond acceptors (Lipinski definition) is 3. The monoisotopic (exact) mass is 183 g/mol. The minimum Gasteiger partial charge on any atom is -0.480 e. The van der Waals surface area contributed by atoms with Crippen LogP contribution >= 0.6 is 0 Å². The van der Waals surface area contributed by atoms with Crippen LogP contribution in [-0.2, 0) is 18.3 Å². The van der Waals surface area contributed by atoms with E-state index in [1.165, 1.54) is 0 Å². The number of aryl methyl sites for hydroxylation is 2. The summed E-state index contributed by atoms with van der Waals surface area (Å²) in [6.45, 7) is 0. The lowest BCUT2D eigenvalue weighted by atomic mass is 10.1. The summed E-state index contributed by atoms with van der Waals surface area (Å²) in [6.07, 6.45) is 4.48. The van der Waals surface area contributed by atoms with Gasteiger partial charge in [-0.25, -0.2) is 4.98 Å². The van der Waals surface area contributed by atoms with Crippen molar-refractivity contribution in [3.63, 3.8) is 0 Å². The van der Waals surface area contributed by atoms with Crippen molar-refractivity contribution in [3.8, 4) is 0 Å². The van der Waals surface area contributed by atoms with Crippen LogP contribution in [0.1, 0.15) is 12.1 Å². The molecule has 0 fully saturated rings. The smallest absolute Gasteiger partial charge is 0.320 e. The molecule has 1 aromatic rings. The second-order valence-corrected chi connectivity index (χ2v) is 2.98. The van der Waals surface area contributed by atoms with Gasteiger partial charge in [-0.2, -0.15) is 0 Å². The third-order valence-corrected chi connectivity index (χ3v) is 1.95. The van der Waals surface area contributed by atoms with Crippen LogP contribution in [0.5, 0.6) is 0 Å². The fraction of sp³-hybridized carbons (Fsp3) is 0.500. The van der Waals surface area contributed by atoms with Gasteiger partial charge in [0.15, 0.2) is 0 Å². The van der Waals surface area contributed by atoms with Crippen molar-refractivity contribution in [2.75, 3.05) is 0 Å². The highest BCUT2D eigenvalue weighted by Gasteiger charge is 2.11. The van der Waals surface area contributed by atoms with Crippen LogP contribution in [0.4, 0.5) is 0 Å². The third kappa shape index (κ3) is 2.55. The molecule has 72 valence electrons. The molecule has 0 aliphatic rings. The fourth-order valence-corrected chi connectivity index (χ4v) is 1.05. The van der Waals surface area contributed by atoms with Crippen LogP contribution in [0.2, 0.25) is 0 Å². The van der Waals surface area contributed by atoms with Crippen LogP contribution in [-0.4, -0.2) is 26.7 Å². The summed E-state index contributed by atoms with van der Waals surface area (Å²) in [5.41, 5.74) is 6.35. The zero-order valence-corrected chi connectivity index (χ0v) is 7.47. The SMILES string of the molecule is Cn1cncc1CCC(N)C(=O)O. The molecule has 0 spiro atoms. The number of nitrogens with two attached hydrogens (primary N) is 1. The van der Waals surface area contributed by atoms with Gasteiger partial charge in [0.05, 0.1) is 6.33 Å². The average molecular weight is 183 g/mol. The van der Waals surface area contributed by atoms with Crippen molar-refractivity contribution in [1.29, 1.82) is 0 Å². The van der Waals surface area contributed by atoms with Gasteiger partial charge in [-0.3, -0.25) is 4.79 Å². The maximum atomic E-state index is 10.4. The molecular weight excluding hydrogens is 170 g/mol. The molecule has 0 bridgehead atoms. The van der Waals surface area contributed by atoms with E-state index in [4.69, 9.17) is 10.8 Å². The topological polar surface area (TPSA) is 81.1 Å². The van der Waals surface area contributed by atoms with Gasteiger partial charge in [0.25, 0.3) is 0 Å². The molecule has 0 aliphatic heterocycles. The van der Waals surface area contributed by atoms with Crippen molar-refractivity contribution in [2.45, 2.75) is 18.9 Å². The van der Waals surface area contributed by atoms with Gasteiger partial charge < -0.3 is 15.4 Å². The number of nitrogens with zero attached hydrogens (tertiary/aromatic N) is 2. The van der Waals surface area contributed by atoms with Gasteiger partial charge in [0, 0.05) is 18.9 Å². The molecule has 5 heteroatoms. The number of carboxylic acids is 1. The number of carboxylic acid groups (broad SMARTS) is 1. The molecule has 1 heterocycles. The summed E-state index contributed by atoms with van der Waals surface area (Å²) in [5, 5.41) is 8.53. The summed E-state index contributed by atoms with van der Waals surface area (Å²) in [4.78, 5) is 14.3. The Kier molecular flexibility index (Phi) is 3.02. The van der Waals surface area contributed by atoms with Crippen molar-refractivity contribution in [1.82, 2.24) is 9.55 Å². The number of imidazole rings is 1. The molecule has 0 amide bonds. The van der Waals surface area contributed by atoms with Gasteiger partial charge >= 0.3 is 5.97 Å². The maximum absolute atomic E-state index is 10.4. The molecule has 0 aliphatic carbocycles. The lowest BCUT2D eigenvalue weighted by molar-refractivity contribution is -0.138. The number of hydrogen-bond donors (Lipinski definition) is 2. The van der Waals surface area contributed by atoms with E-state index in [1.54, 1.807) is 12.5 Å². The Balaban J connectivity index is 2.44. The van der Waals surface area contributed by atoms with Crippen LogP contribution in [0.3, 0.4) is 0 Å². The van der Waals surface area contributed by atoms with E-state index < -0.39 is 12.0 Å². The number of aliphatic carboxylic acids is 1. The largest absolute Gasteiger partial charge is 0.480 e. The molecule has 0 saturated carbocycles. The first-order valence-corrected chi connectivity index (χ1v) is 4.05. The van der Waals surface area contributed by atoms with Crippen LogP contribution < -0.4 is 5.73 Å². The van der Waals surface area contributed by atoms with E-state index in [0.717, 1.165) is 5.69 Å². The first kappa shape index (κ1) is 9.73. The minimum absolute atomic E-state index is 0.439. The molecule has 5 nitrogen and oxygen atoms in total. The predicted octanol–water partition coefficient (Wildman–Crippen LogP) is -0.235. The normalized spacial score (nSPS) is 12.8. The lowest BCUT2D eigenvalue weighted by Crippen LogP contribution is -2.30. The lowest BCUT2D eigenvalue weighted by Gasteiger charge is -2.05. The number of carbonyl (C=O) groups is 1. The zero-order chi connectivity index (χ0) is 9.84. The van der Waals surface area contributed by atoms with Gasteiger partial charge in [-0.1, -0.05) is 0 Å². The zero-order valence-electron chi connectivity index (χ0n) is 7.47.